The van der Waals surface area contributed by atoms with E-state index in [2.05, 4.69) is 77.3 Å². The predicted octanol–water partition coefficient (Wildman–Crippen LogP) is 8.21. The summed E-state index contributed by atoms with van der Waals surface area (Å²) in [5.74, 6) is 0. The number of benzene rings is 1. The van der Waals surface area contributed by atoms with Crippen molar-refractivity contribution in [1.29, 1.82) is 0 Å². The van der Waals surface area contributed by atoms with Crippen LogP contribution in [0.4, 0.5) is 0 Å². The van der Waals surface area contributed by atoms with E-state index in [1.54, 1.807) is 0 Å². The van der Waals surface area contributed by atoms with Crippen LogP contribution in [0.5, 0.6) is 0 Å². The van der Waals surface area contributed by atoms with Crippen LogP contribution in [-0.4, -0.2) is 4.98 Å². The van der Waals surface area contributed by atoms with Crippen LogP contribution in [0.1, 0.15) is 43.0 Å². The van der Waals surface area contributed by atoms with Gasteiger partial charge >= 0.3 is 0 Å². The second-order valence-electron chi connectivity index (χ2n) is 9.03. The third kappa shape index (κ3) is 3.78. The van der Waals surface area contributed by atoms with E-state index < -0.39 is 0 Å². The number of nitrogens with zero attached hydrogens (tertiary/aromatic N) is 1. The standard InChI is InChI=1S/C25H27NS2/c1-15-9-16(2)11-19(10-15)22-24-20(7-8-26-22)17(3)23(28-24)21-12-18(14-27-21)13-25(4,5)6/h7-12,14H,13H2,1-6H3. The topological polar surface area (TPSA) is 12.9 Å². The molecule has 144 valence electrons. The fraction of sp³-hybridized carbons (Fsp3) is 0.320. The van der Waals surface area contributed by atoms with E-state index in [4.69, 9.17) is 4.98 Å². The molecule has 0 amide bonds. The molecule has 3 heterocycles. The van der Waals surface area contributed by atoms with Gasteiger partial charge in [-0.2, -0.15) is 0 Å². The highest BCUT2D eigenvalue weighted by atomic mass is 32.1. The Morgan fingerprint density at radius 3 is 2.36 bits per heavy atom. The number of rotatable bonds is 3. The number of pyridine rings is 1. The quantitative estimate of drug-likeness (QED) is 0.335. The normalized spacial score (nSPS) is 12.1. The van der Waals surface area contributed by atoms with Crippen molar-refractivity contribution in [2.75, 3.05) is 0 Å². The molecule has 1 nitrogen and oxygen atoms in total. The highest BCUT2D eigenvalue weighted by Gasteiger charge is 2.18. The first-order valence-corrected chi connectivity index (χ1v) is 11.5. The van der Waals surface area contributed by atoms with Gasteiger partial charge in [0.1, 0.15) is 0 Å². The predicted molar refractivity (Wildman–Crippen MR) is 126 cm³/mol. The summed E-state index contributed by atoms with van der Waals surface area (Å²) in [7, 11) is 0. The van der Waals surface area contributed by atoms with Crippen molar-refractivity contribution < 1.29 is 0 Å². The van der Waals surface area contributed by atoms with Crippen molar-refractivity contribution >= 4 is 32.8 Å². The lowest BCUT2D eigenvalue weighted by molar-refractivity contribution is 0.412. The van der Waals surface area contributed by atoms with Gasteiger partial charge in [0.15, 0.2) is 0 Å². The van der Waals surface area contributed by atoms with E-state index in [9.17, 15) is 0 Å². The highest BCUT2D eigenvalue weighted by molar-refractivity contribution is 7.26. The molecule has 28 heavy (non-hydrogen) atoms. The third-order valence-corrected chi connectivity index (χ3v) is 7.43. The molecule has 0 N–H and O–H groups in total. The van der Waals surface area contributed by atoms with Crippen LogP contribution in [0.25, 0.3) is 31.1 Å². The Kier molecular flexibility index (Phi) is 4.93. The molecule has 0 unspecified atom stereocenters. The number of thiophene rings is 2. The van der Waals surface area contributed by atoms with Gasteiger partial charge in [0, 0.05) is 21.5 Å². The first kappa shape index (κ1) is 19.4. The molecule has 4 aromatic rings. The van der Waals surface area contributed by atoms with Gasteiger partial charge in [-0.1, -0.05) is 38.0 Å². The number of hydrogen-bond donors (Lipinski definition) is 0. The maximum atomic E-state index is 4.77. The lowest BCUT2D eigenvalue weighted by Gasteiger charge is -2.16. The first-order valence-electron chi connectivity index (χ1n) is 9.76. The van der Waals surface area contributed by atoms with Gasteiger partial charge in [0.2, 0.25) is 0 Å². The van der Waals surface area contributed by atoms with E-state index in [0.29, 0.717) is 5.41 Å². The molecule has 0 saturated heterocycles. The lowest BCUT2D eigenvalue weighted by atomic mass is 9.89. The molecule has 3 heteroatoms. The number of hydrogen-bond acceptors (Lipinski definition) is 3. The molecule has 0 radical (unpaired) electrons. The van der Waals surface area contributed by atoms with Crippen LogP contribution in [0.15, 0.2) is 41.9 Å². The summed E-state index contributed by atoms with van der Waals surface area (Å²) < 4.78 is 1.30. The van der Waals surface area contributed by atoms with E-state index >= 15 is 0 Å². The average Bonchev–Trinajstić information content (AvgIpc) is 3.17. The van der Waals surface area contributed by atoms with Crippen LogP contribution < -0.4 is 0 Å². The fourth-order valence-electron chi connectivity index (χ4n) is 3.90. The summed E-state index contributed by atoms with van der Waals surface area (Å²) in [5.41, 5.74) is 8.02. The summed E-state index contributed by atoms with van der Waals surface area (Å²) in [6, 6.07) is 11.3. The average molecular weight is 406 g/mol. The van der Waals surface area contributed by atoms with Gasteiger partial charge in [-0.05, 0) is 78.8 Å². The number of fused-ring (bicyclic) bond motifs is 1. The molecule has 0 bridgehead atoms. The minimum absolute atomic E-state index is 0.313. The van der Waals surface area contributed by atoms with Crippen LogP contribution in [0, 0.1) is 26.2 Å². The second kappa shape index (κ2) is 7.13. The van der Waals surface area contributed by atoms with Gasteiger partial charge in [-0.3, -0.25) is 4.98 Å². The minimum atomic E-state index is 0.313. The van der Waals surface area contributed by atoms with Gasteiger partial charge in [-0.25, -0.2) is 0 Å². The molecule has 0 atom stereocenters. The monoisotopic (exact) mass is 405 g/mol. The summed E-state index contributed by atoms with van der Waals surface area (Å²) >= 11 is 3.76. The Hall–Kier alpha value is -1.97. The van der Waals surface area contributed by atoms with E-state index in [-0.39, 0.29) is 0 Å². The van der Waals surface area contributed by atoms with Gasteiger partial charge < -0.3 is 0 Å². The number of aromatic nitrogens is 1. The summed E-state index contributed by atoms with van der Waals surface area (Å²) in [4.78, 5) is 7.54. The Labute approximate surface area is 176 Å². The van der Waals surface area contributed by atoms with Crippen molar-refractivity contribution in [3.63, 3.8) is 0 Å². The molecule has 0 saturated carbocycles. The van der Waals surface area contributed by atoms with Gasteiger partial charge in [0.25, 0.3) is 0 Å². The Morgan fingerprint density at radius 1 is 0.964 bits per heavy atom. The SMILES string of the molecule is Cc1cc(C)cc(-c2nccc3c(C)c(-c4cc(CC(C)(C)C)cs4)sc23)c1. The van der Waals surface area contributed by atoms with Crippen LogP contribution in [0.3, 0.4) is 0 Å². The molecule has 4 rings (SSSR count). The van der Waals surface area contributed by atoms with Gasteiger partial charge in [0.05, 0.1) is 10.4 Å². The lowest BCUT2D eigenvalue weighted by Crippen LogP contribution is -2.08. The summed E-state index contributed by atoms with van der Waals surface area (Å²) in [6.07, 6.45) is 3.07. The van der Waals surface area contributed by atoms with Crippen molar-refractivity contribution in [3.05, 3.63) is 64.2 Å². The Balaban J connectivity index is 1.83. The van der Waals surface area contributed by atoms with E-state index in [1.165, 1.54) is 47.7 Å². The first-order chi connectivity index (χ1) is 13.2. The fourth-order valence-corrected chi connectivity index (χ4v) is 6.30. The molecule has 0 aliphatic heterocycles. The third-order valence-electron chi connectivity index (χ3n) is 4.96. The zero-order valence-corrected chi connectivity index (χ0v) is 19.1. The molecule has 0 fully saturated rings. The minimum Gasteiger partial charge on any atom is -0.255 e. The van der Waals surface area contributed by atoms with Crippen LogP contribution in [0.2, 0.25) is 0 Å². The van der Waals surface area contributed by atoms with Crippen LogP contribution in [-0.2, 0) is 6.42 Å². The van der Waals surface area contributed by atoms with Crippen molar-refractivity contribution in [2.45, 2.75) is 48.0 Å². The maximum absolute atomic E-state index is 4.77. The summed E-state index contributed by atoms with van der Waals surface area (Å²) in [6.45, 7) is 13.5. The molecule has 0 spiro atoms. The molecule has 3 aromatic heterocycles. The Morgan fingerprint density at radius 2 is 1.68 bits per heavy atom. The zero-order chi connectivity index (χ0) is 20.1. The van der Waals surface area contributed by atoms with Crippen molar-refractivity contribution in [3.8, 4) is 21.0 Å². The van der Waals surface area contributed by atoms with Crippen molar-refractivity contribution in [1.82, 2.24) is 4.98 Å². The van der Waals surface area contributed by atoms with E-state index in [0.717, 1.165) is 12.1 Å². The molecule has 0 aliphatic rings. The zero-order valence-electron chi connectivity index (χ0n) is 17.5. The smallest absolute Gasteiger partial charge is 0.0880 e. The van der Waals surface area contributed by atoms with Crippen LogP contribution >= 0.6 is 22.7 Å². The highest BCUT2D eigenvalue weighted by Crippen LogP contribution is 2.44. The molecular formula is C25H27NS2. The second-order valence-corrected chi connectivity index (χ2v) is 11.0. The van der Waals surface area contributed by atoms with Gasteiger partial charge in [-0.15, -0.1) is 22.7 Å². The maximum Gasteiger partial charge on any atom is 0.0880 e. The molecular weight excluding hydrogens is 378 g/mol. The number of aryl methyl sites for hydroxylation is 3. The van der Waals surface area contributed by atoms with Crippen molar-refractivity contribution in [2.24, 2.45) is 5.41 Å². The largest absolute Gasteiger partial charge is 0.255 e. The van der Waals surface area contributed by atoms with E-state index in [1.807, 2.05) is 28.9 Å². The molecule has 0 aliphatic carbocycles. The molecule has 1 aromatic carbocycles. The Bertz CT molecular complexity index is 1130. The summed E-state index contributed by atoms with van der Waals surface area (Å²) in [5, 5.41) is 3.66.